The molecule has 0 unspecified atom stereocenters. The molecule has 25 heavy (non-hydrogen) atoms. The molecule has 1 amide bonds. The summed E-state index contributed by atoms with van der Waals surface area (Å²) in [4.78, 5) is 12.2. The molecule has 1 N–H and O–H groups in total. The Kier molecular flexibility index (Phi) is 5.60. The smallest absolute Gasteiger partial charge is 0.234 e. The van der Waals surface area contributed by atoms with Gasteiger partial charge in [-0.15, -0.1) is 10.2 Å². The summed E-state index contributed by atoms with van der Waals surface area (Å²) >= 11 is 4.80. The summed E-state index contributed by atoms with van der Waals surface area (Å²) in [5.41, 5.74) is 1.85. The first kappa shape index (κ1) is 17.8. The molecule has 1 aromatic carbocycles. The SMILES string of the molecule is CCn1c(SCC(=O)Nc2ccc(Br)c(C)c2)nnc1-c1ccco1. The molecule has 0 fully saturated rings. The van der Waals surface area contributed by atoms with Gasteiger partial charge in [0.25, 0.3) is 0 Å². The number of rotatable bonds is 6. The van der Waals surface area contributed by atoms with Gasteiger partial charge in [-0.25, -0.2) is 0 Å². The van der Waals surface area contributed by atoms with Gasteiger partial charge in [-0.1, -0.05) is 27.7 Å². The van der Waals surface area contributed by atoms with Crippen molar-refractivity contribution in [2.24, 2.45) is 0 Å². The molecular formula is C17H17BrN4O2S. The number of furan rings is 1. The zero-order valence-corrected chi connectivity index (χ0v) is 16.2. The minimum absolute atomic E-state index is 0.0862. The van der Waals surface area contributed by atoms with E-state index in [0.717, 1.165) is 15.7 Å². The van der Waals surface area contributed by atoms with Crippen molar-refractivity contribution in [2.45, 2.75) is 25.5 Å². The van der Waals surface area contributed by atoms with E-state index in [1.54, 1.807) is 6.26 Å². The number of carbonyl (C=O) groups is 1. The van der Waals surface area contributed by atoms with E-state index in [0.29, 0.717) is 23.3 Å². The lowest BCUT2D eigenvalue weighted by atomic mass is 10.2. The van der Waals surface area contributed by atoms with Crippen molar-refractivity contribution < 1.29 is 9.21 Å². The fraction of sp³-hybridized carbons (Fsp3) is 0.235. The van der Waals surface area contributed by atoms with E-state index in [-0.39, 0.29) is 11.7 Å². The van der Waals surface area contributed by atoms with Crippen LogP contribution in [0, 0.1) is 6.92 Å². The van der Waals surface area contributed by atoms with E-state index in [4.69, 9.17) is 4.42 Å². The van der Waals surface area contributed by atoms with Crippen molar-refractivity contribution in [1.82, 2.24) is 14.8 Å². The quantitative estimate of drug-likeness (QED) is 0.599. The minimum Gasteiger partial charge on any atom is -0.461 e. The van der Waals surface area contributed by atoms with Crippen LogP contribution in [0.15, 0.2) is 50.6 Å². The fourth-order valence-electron chi connectivity index (χ4n) is 2.32. The van der Waals surface area contributed by atoms with Gasteiger partial charge in [0, 0.05) is 16.7 Å². The number of nitrogens with zero attached hydrogens (tertiary/aromatic N) is 3. The number of halogens is 1. The third-order valence-corrected chi connectivity index (χ3v) is 5.41. The second-order valence-corrected chi connectivity index (χ2v) is 7.13. The monoisotopic (exact) mass is 420 g/mol. The van der Waals surface area contributed by atoms with E-state index in [2.05, 4.69) is 31.4 Å². The van der Waals surface area contributed by atoms with Crippen LogP contribution in [-0.2, 0) is 11.3 Å². The highest BCUT2D eigenvalue weighted by molar-refractivity contribution is 9.10. The molecule has 0 aliphatic heterocycles. The average Bonchev–Trinajstić information content (AvgIpc) is 3.24. The van der Waals surface area contributed by atoms with Crippen LogP contribution in [0.25, 0.3) is 11.6 Å². The third-order valence-electron chi connectivity index (χ3n) is 3.55. The summed E-state index contributed by atoms with van der Waals surface area (Å²) in [5.74, 6) is 1.50. The van der Waals surface area contributed by atoms with Gasteiger partial charge in [-0.2, -0.15) is 0 Å². The molecule has 0 spiro atoms. The second-order valence-electron chi connectivity index (χ2n) is 5.33. The average molecular weight is 421 g/mol. The molecule has 0 saturated heterocycles. The Morgan fingerprint density at radius 3 is 2.88 bits per heavy atom. The molecule has 0 bridgehead atoms. The number of aryl methyl sites for hydroxylation is 1. The fourth-order valence-corrected chi connectivity index (χ4v) is 3.37. The number of benzene rings is 1. The predicted molar refractivity (Wildman–Crippen MR) is 102 cm³/mol. The lowest BCUT2D eigenvalue weighted by molar-refractivity contribution is -0.113. The van der Waals surface area contributed by atoms with Gasteiger partial charge in [-0.05, 0) is 49.7 Å². The number of nitrogens with one attached hydrogen (secondary N) is 1. The Bertz CT molecular complexity index is 877. The lowest BCUT2D eigenvalue weighted by Gasteiger charge is -2.08. The van der Waals surface area contributed by atoms with Crippen LogP contribution in [0.2, 0.25) is 0 Å². The summed E-state index contributed by atoms with van der Waals surface area (Å²) in [5, 5.41) is 11.9. The summed E-state index contributed by atoms with van der Waals surface area (Å²) in [6.45, 7) is 4.68. The minimum atomic E-state index is -0.0862. The van der Waals surface area contributed by atoms with Crippen molar-refractivity contribution in [3.8, 4) is 11.6 Å². The first-order valence-corrected chi connectivity index (χ1v) is 9.52. The largest absolute Gasteiger partial charge is 0.461 e. The number of hydrogen-bond acceptors (Lipinski definition) is 5. The Labute approximate surface area is 158 Å². The molecule has 6 nitrogen and oxygen atoms in total. The molecule has 2 heterocycles. The topological polar surface area (TPSA) is 73.0 Å². The molecule has 0 aliphatic rings. The van der Waals surface area contributed by atoms with E-state index in [1.807, 2.05) is 48.7 Å². The van der Waals surface area contributed by atoms with Gasteiger partial charge in [-0.3, -0.25) is 9.36 Å². The van der Waals surface area contributed by atoms with Crippen molar-refractivity contribution in [2.75, 3.05) is 11.1 Å². The molecule has 3 aromatic rings. The van der Waals surface area contributed by atoms with E-state index in [1.165, 1.54) is 11.8 Å². The van der Waals surface area contributed by atoms with E-state index in [9.17, 15) is 4.79 Å². The zero-order chi connectivity index (χ0) is 17.8. The molecule has 3 rings (SSSR count). The van der Waals surface area contributed by atoms with E-state index >= 15 is 0 Å². The van der Waals surface area contributed by atoms with Gasteiger partial charge in [0.1, 0.15) is 0 Å². The van der Waals surface area contributed by atoms with Gasteiger partial charge < -0.3 is 9.73 Å². The zero-order valence-electron chi connectivity index (χ0n) is 13.8. The van der Waals surface area contributed by atoms with Crippen molar-refractivity contribution >= 4 is 39.3 Å². The van der Waals surface area contributed by atoms with Gasteiger partial charge >= 0.3 is 0 Å². The Morgan fingerprint density at radius 2 is 2.20 bits per heavy atom. The number of aromatic nitrogens is 3. The maximum absolute atomic E-state index is 12.2. The number of hydrogen-bond donors (Lipinski definition) is 1. The van der Waals surface area contributed by atoms with Crippen LogP contribution in [0.3, 0.4) is 0 Å². The van der Waals surface area contributed by atoms with Crippen molar-refractivity contribution in [3.63, 3.8) is 0 Å². The first-order valence-electron chi connectivity index (χ1n) is 7.74. The van der Waals surface area contributed by atoms with Crippen LogP contribution in [0.4, 0.5) is 5.69 Å². The molecule has 0 atom stereocenters. The van der Waals surface area contributed by atoms with Crippen LogP contribution < -0.4 is 5.32 Å². The standard InChI is InChI=1S/C17H17BrN4O2S/c1-3-22-16(14-5-4-8-24-14)20-21-17(22)25-10-15(23)19-12-6-7-13(18)11(2)9-12/h4-9H,3,10H2,1-2H3,(H,19,23). The summed E-state index contributed by atoms with van der Waals surface area (Å²) in [7, 11) is 0. The molecule has 2 aromatic heterocycles. The maximum Gasteiger partial charge on any atom is 0.234 e. The first-order chi connectivity index (χ1) is 12.1. The molecular weight excluding hydrogens is 404 g/mol. The third kappa shape index (κ3) is 4.13. The highest BCUT2D eigenvalue weighted by atomic mass is 79.9. The summed E-state index contributed by atoms with van der Waals surface area (Å²) in [6.07, 6.45) is 1.60. The summed E-state index contributed by atoms with van der Waals surface area (Å²) < 4.78 is 8.33. The molecule has 130 valence electrons. The Balaban J connectivity index is 1.65. The van der Waals surface area contributed by atoms with Crippen LogP contribution in [0.1, 0.15) is 12.5 Å². The van der Waals surface area contributed by atoms with Crippen LogP contribution >= 0.6 is 27.7 Å². The number of amides is 1. The molecule has 8 heteroatoms. The highest BCUT2D eigenvalue weighted by Gasteiger charge is 2.16. The second kappa shape index (κ2) is 7.88. The van der Waals surface area contributed by atoms with Gasteiger partial charge in [0.05, 0.1) is 12.0 Å². The molecule has 0 aliphatic carbocycles. The Hall–Kier alpha value is -2.06. The van der Waals surface area contributed by atoms with E-state index < -0.39 is 0 Å². The number of thioether (sulfide) groups is 1. The predicted octanol–water partition coefficient (Wildman–Crippen LogP) is 4.36. The molecule has 0 radical (unpaired) electrons. The van der Waals surface area contributed by atoms with Crippen LogP contribution in [-0.4, -0.2) is 26.4 Å². The Morgan fingerprint density at radius 1 is 1.36 bits per heavy atom. The number of anilines is 1. The molecule has 0 saturated carbocycles. The van der Waals surface area contributed by atoms with Crippen molar-refractivity contribution in [1.29, 1.82) is 0 Å². The normalized spacial score (nSPS) is 10.8. The van der Waals surface area contributed by atoms with Gasteiger partial charge in [0.15, 0.2) is 16.7 Å². The maximum atomic E-state index is 12.2. The van der Waals surface area contributed by atoms with Crippen LogP contribution in [0.5, 0.6) is 0 Å². The van der Waals surface area contributed by atoms with Gasteiger partial charge in [0.2, 0.25) is 5.91 Å². The number of carbonyl (C=O) groups excluding carboxylic acids is 1. The lowest BCUT2D eigenvalue weighted by Crippen LogP contribution is -2.14. The highest BCUT2D eigenvalue weighted by Crippen LogP contribution is 2.25. The van der Waals surface area contributed by atoms with Crippen molar-refractivity contribution in [3.05, 3.63) is 46.6 Å². The summed E-state index contributed by atoms with van der Waals surface area (Å²) in [6, 6.07) is 9.36.